The van der Waals surface area contributed by atoms with Crippen molar-refractivity contribution in [1.29, 1.82) is 0 Å². The first-order valence-corrected chi connectivity index (χ1v) is 13.1. The van der Waals surface area contributed by atoms with Crippen molar-refractivity contribution in [2.24, 2.45) is 0 Å². The summed E-state index contributed by atoms with van der Waals surface area (Å²) in [7, 11) is 0. The standard InChI is InChI=1S/C29H30FN3O5/c1-6-14-16-9-22-25-17(11-33(22)26(34)18(16)12-37-27(14)35)24-20(32-28(36)38-29(3,4)5)8-7-15-13(2)19(30)10-21(31-25)23(15)24/h9-10,14,20H,6-8,11-12H2,1-5H3,(H,32,36). The molecule has 3 aromatic rings. The number of alkyl carbamates (subject to hydrolysis) is 1. The maximum absolute atomic E-state index is 15.0. The minimum atomic E-state index is -0.663. The maximum Gasteiger partial charge on any atom is 0.408 e. The van der Waals surface area contributed by atoms with Gasteiger partial charge in [0.15, 0.2) is 0 Å². The highest BCUT2D eigenvalue weighted by Gasteiger charge is 2.38. The molecule has 0 radical (unpaired) electrons. The Morgan fingerprint density at radius 1 is 1.24 bits per heavy atom. The lowest BCUT2D eigenvalue weighted by Gasteiger charge is -2.30. The third kappa shape index (κ3) is 3.62. The van der Waals surface area contributed by atoms with E-state index in [4.69, 9.17) is 14.5 Å². The molecule has 0 spiro atoms. The molecule has 2 atom stereocenters. The van der Waals surface area contributed by atoms with Gasteiger partial charge in [0.2, 0.25) is 0 Å². The van der Waals surface area contributed by atoms with E-state index in [1.807, 2.05) is 13.0 Å². The van der Waals surface area contributed by atoms with Gasteiger partial charge in [0.25, 0.3) is 5.56 Å². The zero-order valence-electron chi connectivity index (χ0n) is 22.2. The van der Waals surface area contributed by atoms with Crippen molar-refractivity contribution in [3.8, 4) is 11.4 Å². The number of hydrogen-bond acceptors (Lipinski definition) is 6. The van der Waals surface area contributed by atoms with E-state index in [0.717, 1.165) is 22.1 Å². The monoisotopic (exact) mass is 519 g/mol. The summed E-state index contributed by atoms with van der Waals surface area (Å²) in [6, 6.07) is 2.90. The van der Waals surface area contributed by atoms with E-state index in [1.54, 1.807) is 32.3 Å². The molecule has 38 heavy (non-hydrogen) atoms. The molecule has 8 nitrogen and oxygen atoms in total. The molecule has 0 saturated carbocycles. The first-order valence-electron chi connectivity index (χ1n) is 13.1. The summed E-state index contributed by atoms with van der Waals surface area (Å²) in [5.41, 5.74) is 5.05. The number of aryl methyl sites for hydroxylation is 1. The van der Waals surface area contributed by atoms with Gasteiger partial charge in [-0.05, 0) is 75.3 Å². The Labute approximate surface area is 219 Å². The van der Waals surface area contributed by atoms with Crippen LogP contribution in [0.5, 0.6) is 0 Å². The molecule has 1 N–H and O–H groups in total. The number of carbonyl (C=O) groups excluding carboxylic acids is 2. The number of amides is 1. The van der Waals surface area contributed by atoms with Crippen molar-refractivity contribution in [2.45, 2.75) is 84.6 Å². The molecular formula is C29H30FN3O5. The number of hydrogen-bond donors (Lipinski definition) is 1. The van der Waals surface area contributed by atoms with Crippen LogP contribution in [0.2, 0.25) is 0 Å². The number of aromatic nitrogens is 2. The lowest BCUT2D eigenvalue weighted by atomic mass is 9.81. The van der Waals surface area contributed by atoms with Gasteiger partial charge in [-0.15, -0.1) is 0 Å². The molecule has 6 rings (SSSR count). The topological polar surface area (TPSA) is 99.5 Å². The van der Waals surface area contributed by atoms with Gasteiger partial charge in [-0.25, -0.2) is 14.2 Å². The lowest BCUT2D eigenvalue weighted by Crippen LogP contribution is -2.36. The van der Waals surface area contributed by atoms with Crippen LogP contribution in [-0.2, 0) is 33.8 Å². The van der Waals surface area contributed by atoms with Gasteiger partial charge in [0.05, 0.1) is 41.0 Å². The maximum atomic E-state index is 15.0. The van der Waals surface area contributed by atoms with Crippen molar-refractivity contribution in [3.63, 3.8) is 0 Å². The van der Waals surface area contributed by atoms with Crippen molar-refractivity contribution in [2.75, 3.05) is 0 Å². The predicted molar refractivity (Wildman–Crippen MR) is 138 cm³/mol. The zero-order valence-corrected chi connectivity index (χ0v) is 22.2. The van der Waals surface area contributed by atoms with Crippen LogP contribution >= 0.6 is 0 Å². The molecule has 2 aromatic heterocycles. The average molecular weight is 520 g/mol. The molecular weight excluding hydrogens is 489 g/mol. The third-order valence-corrected chi connectivity index (χ3v) is 7.89. The molecule has 1 aromatic carbocycles. The molecule has 3 aliphatic rings. The molecule has 9 heteroatoms. The van der Waals surface area contributed by atoms with Gasteiger partial charge in [-0.3, -0.25) is 9.59 Å². The Morgan fingerprint density at radius 3 is 2.71 bits per heavy atom. The van der Waals surface area contributed by atoms with Gasteiger partial charge in [0, 0.05) is 17.0 Å². The summed E-state index contributed by atoms with van der Waals surface area (Å²) in [6.45, 7) is 9.27. The summed E-state index contributed by atoms with van der Waals surface area (Å²) in [5, 5.41) is 3.85. The molecule has 2 aliphatic heterocycles. The first kappa shape index (κ1) is 24.6. The van der Waals surface area contributed by atoms with Crippen LogP contribution in [0.1, 0.15) is 85.9 Å². The number of cyclic esters (lactones) is 1. The highest BCUT2D eigenvalue weighted by Crippen LogP contribution is 2.45. The number of esters is 1. The number of nitrogens with zero attached hydrogens (tertiary/aromatic N) is 2. The van der Waals surface area contributed by atoms with Crippen LogP contribution in [0.3, 0.4) is 0 Å². The first-order chi connectivity index (χ1) is 18.0. The Kier molecular flexibility index (Phi) is 5.42. The minimum Gasteiger partial charge on any atom is -0.460 e. The highest BCUT2D eigenvalue weighted by molar-refractivity contribution is 5.93. The number of carbonyl (C=O) groups is 2. The van der Waals surface area contributed by atoms with Gasteiger partial charge in [0.1, 0.15) is 18.0 Å². The highest BCUT2D eigenvalue weighted by atomic mass is 19.1. The van der Waals surface area contributed by atoms with Crippen LogP contribution in [0.25, 0.3) is 22.3 Å². The van der Waals surface area contributed by atoms with Gasteiger partial charge < -0.3 is 19.4 Å². The number of fused-ring (bicyclic) bond motifs is 5. The number of rotatable bonds is 2. The molecule has 1 aliphatic carbocycles. The molecule has 0 fully saturated rings. The van der Waals surface area contributed by atoms with E-state index < -0.39 is 23.7 Å². The zero-order chi connectivity index (χ0) is 27.1. The average Bonchev–Trinajstić information content (AvgIpc) is 3.20. The second kappa shape index (κ2) is 8.38. The number of halogens is 1. The van der Waals surface area contributed by atoms with E-state index >= 15 is 0 Å². The van der Waals surface area contributed by atoms with Crippen molar-refractivity contribution in [1.82, 2.24) is 14.9 Å². The van der Waals surface area contributed by atoms with Crippen LogP contribution in [0, 0.1) is 12.7 Å². The van der Waals surface area contributed by atoms with Crippen LogP contribution in [-0.4, -0.2) is 27.2 Å². The van der Waals surface area contributed by atoms with Crippen LogP contribution < -0.4 is 10.9 Å². The summed E-state index contributed by atoms with van der Waals surface area (Å²) < 4.78 is 27.5. The number of benzene rings is 1. The minimum absolute atomic E-state index is 0.0558. The number of ether oxygens (including phenoxy) is 2. The summed E-state index contributed by atoms with van der Waals surface area (Å²) >= 11 is 0. The number of pyridine rings is 2. The predicted octanol–water partition coefficient (Wildman–Crippen LogP) is 4.94. The lowest BCUT2D eigenvalue weighted by molar-refractivity contribution is -0.148. The van der Waals surface area contributed by atoms with Crippen molar-refractivity contribution < 1.29 is 23.5 Å². The molecule has 198 valence electrons. The molecule has 2 unspecified atom stereocenters. The van der Waals surface area contributed by atoms with E-state index in [9.17, 15) is 18.8 Å². The SMILES string of the molecule is CCC1C(=O)OCc2c1cc1n(c2=O)Cc2c-1nc1cc(F)c(C)c3c1c2C(NC(=O)OC(C)(C)C)CC3. The van der Waals surface area contributed by atoms with Gasteiger partial charge in [-0.2, -0.15) is 0 Å². The summed E-state index contributed by atoms with van der Waals surface area (Å²) in [6.07, 6.45) is 1.11. The number of nitrogens with one attached hydrogen (secondary N) is 1. The van der Waals surface area contributed by atoms with E-state index in [2.05, 4.69) is 5.32 Å². The fourth-order valence-electron chi connectivity index (χ4n) is 6.17. The Bertz CT molecular complexity index is 1620. The fraction of sp³-hybridized carbons (Fsp3) is 0.448. The molecule has 0 bridgehead atoms. The molecule has 4 heterocycles. The van der Waals surface area contributed by atoms with E-state index in [0.29, 0.717) is 52.9 Å². The second-order valence-electron chi connectivity index (χ2n) is 11.4. The Balaban J connectivity index is 1.58. The summed E-state index contributed by atoms with van der Waals surface area (Å²) in [5.74, 6) is -1.19. The third-order valence-electron chi connectivity index (χ3n) is 7.89. The normalized spacial score (nSPS) is 19.5. The molecule has 0 saturated heterocycles. The second-order valence-corrected chi connectivity index (χ2v) is 11.4. The van der Waals surface area contributed by atoms with Gasteiger partial charge in [-0.1, -0.05) is 6.92 Å². The fourth-order valence-corrected chi connectivity index (χ4v) is 6.17. The van der Waals surface area contributed by atoms with E-state index in [1.165, 1.54) is 6.07 Å². The smallest absolute Gasteiger partial charge is 0.408 e. The van der Waals surface area contributed by atoms with Crippen molar-refractivity contribution in [3.05, 3.63) is 61.7 Å². The quantitative estimate of drug-likeness (QED) is 0.377. The summed E-state index contributed by atoms with van der Waals surface area (Å²) in [4.78, 5) is 43.8. The Morgan fingerprint density at radius 2 is 2.00 bits per heavy atom. The Hall–Kier alpha value is -3.75. The van der Waals surface area contributed by atoms with Gasteiger partial charge >= 0.3 is 12.1 Å². The largest absolute Gasteiger partial charge is 0.460 e. The molecule has 1 amide bonds. The van der Waals surface area contributed by atoms with Crippen LogP contribution in [0.15, 0.2) is 16.9 Å². The van der Waals surface area contributed by atoms with Crippen molar-refractivity contribution >= 4 is 23.0 Å². The van der Waals surface area contributed by atoms with Crippen LogP contribution in [0.4, 0.5) is 9.18 Å². The van der Waals surface area contributed by atoms with E-state index in [-0.39, 0.29) is 30.5 Å².